The summed E-state index contributed by atoms with van der Waals surface area (Å²) >= 11 is 0. The smallest absolute Gasteiger partial charge is 0.164 e. The number of aryl methyl sites for hydroxylation is 2. The monoisotopic (exact) mass is 280 g/mol. The molecule has 0 radical (unpaired) electrons. The van der Waals surface area contributed by atoms with Crippen LogP contribution >= 0.6 is 0 Å². The van der Waals surface area contributed by atoms with Gasteiger partial charge < -0.3 is 9.47 Å². The molecule has 1 aromatic heterocycles. The number of benzene rings is 1. The molecule has 0 amide bonds. The van der Waals surface area contributed by atoms with Gasteiger partial charge in [-0.1, -0.05) is 29.8 Å². The Kier molecular flexibility index (Phi) is 3.11. The largest absolute Gasteiger partial charge is 0.313 e. The Balaban J connectivity index is 1.91. The summed E-state index contributed by atoms with van der Waals surface area (Å²) in [6.45, 7) is 3.24. The molecule has 0 N–H and O–H groups in total. The maximum Gasteiger partial charge on any atom is 0.164 e. The minimum absolute atomic E-state index is 0.968. The van der Waals surface area contributed by atoms with E-state index in [4.69, 9.17) is 0 Å². The fourth-order valence-corrected chi connectivity index (χ4v) is 3.44. The second kappa shape index (κ2) is 5.11. The average molecular weight is 280 g/mol. The normalized spacial score (nSPS) is 19.1. The zero-order chi connectivity index (χ0) is 14.2. The number of likely N-dealkylation sites (tertiary alicyclic amines) is 1. The van der Waals surface area contributed by atoms with Gasteiger partial charge in [-0.05, 0) is 37.4 Å². The molecule has 4 rings (SSSR count). The lowest BCUT2D eigenvalue weighted by Crippen LogP contribution is -2.27. The Bertz CT molecular complexity index is 688. The SMILES string of the molecule is CN1CCC(=C2c3ccccc3CCn3cnnc32)CC1. The summed E-state index contributed by atoms with van der Waals surface area (Å²) in [7, 11) is 2.20. The van der Waals surface area contributed by atoms with Gasteiger partial charge in [-0.2, -0.15) is 0 Å². The topological polar surface area (TPSA) is 34.0 Å². The molecule has 0 spiro atoms. The van der Waals surface area contributed by atoms with Crippen molar-refractivity contribution in [3.8, 4) is 0 Å². The zero-order valence-corrected chi connectivity index (χ0v) is 12.4. The van der Waals surface area contributed by atoms with Gasteiger partial charge in [-0.25, -0.2) is 0 Å². The number of piperidine rings is 1. The fraction of sp³-hybridized carbons (Fsp3) is 0.412. The molecule has 0 atom stereocenters. The molecule has 1 aromatic carbocycles. The molecule has 1 fully saturated rings. The number of nitrogens with zero attached hydrogens (tertiary/aromatic N) is 4. The van der Waals surface area contributed by atoms with Crippen LogP contribution in [0.3, 0.4) is 0 Å². The van der Waals surface area contributed by atoms with Crippen molar-refractivity contribution in [3.05, 3.63) is 53.1 Å². The van der Waals surface area contributed by atoms with Crippen molar-refractivity contribution in [2.45, 2.75) is 25.8 Å². The molecular formula is C17H20N4. The van der Waals surface area contributed by atoms with Gasteiger partial charge in [0.2, 0.25) is 0 Å². The van der Waals surface area contributed by atoms with E-state index in [-0.39, 0.29) is 0 Å². The van der Waals surface area contributed by atoms with Gasteiger partial charge in [0.15, 0.2) is 5.82 Å². The van der Waals surface area contributed by atoms with E-state index in [2.05, 4.69) is 51.0 Å². The lowest BCUT2D eigenvalue weighted by Gasteiger charge is -2.26. The zero-order valence-electron chi connectivity index (χ0n) is 12.4. The lowest BCUT2D eigenvalue weighted by atomic mass is 9.90. The summed E-state index contributed by atoms with van der Waals surface area (Å²) in [5.41, 5.74) is 5.68. The van der Waals surface area contributed by atoms with Crippen LogP contribution < -0.4 is 0 Å². The van der Waals surface area contributed by atoms with E-state index in [0.717, 1.165) is 44.7 Å². The van der Waals surface area contributed by atoms with Crippen LogP contribution in [0.1, 0.15) is 29.8 Å². The van der Waals surface area contributed by atoms with Crippen LogP contribution in [0.15, 0.2) is 36.2 Å². The van der Waals surface area contributed by atoms with E-state index in [1.165, 1.54) is 22.3 Å². The van der Waals surface area contributed by atoms with Crippen molar-refractivity contribution in [1.82, 2.24) is 19.7 Å². The predicted octanol–water partition coefficient (Wildman–Crippen LogP) is 2.36. The summed E-state index contributed by atoms with van der Waals surface area (Å²) < 4.78 is 2.21. The van der Waals surface area contributed by atoms with Gasteiger partial charge in [0.05, 0.1) is 0 Å². The Hall–Kier alpha value is -1.94. The first-order valence-corrected chi connectivity index (χ1v) is 7.70. The van der Waals surface area contributed by atoms with Gasteiger partial charge in [0, 0.05) is 25.2 Å². The number of rotatable bonds is 0. The summed E-state index contributed by atoms with van der Waals surface area (Å²) in [6.07, 6.45) is 5.19. The quantitative estimate of drug-likeness (QED) is 0.743. The highest BCUT2D eigenvalue weighted by molar-refractivity contribution is 5.81. The number of aromatic nitrogens is 3. The van der Waals surface area contributed by atoms with Crippen molar-refractivity contribution in [2.75, 3.05) is 20.1 Å². The molecule has 0 aliphatic carbocycles. The molecule has 2 aliphatic rings. The van der Waals surface area contributed by atoms with Crippen LogP contribution in [-0.4, -0.2) is 39.8 Å². The predicted molar refractivity (Wildman–Crippen MR) is 82.9 cm³/mol. The van der Waals surface area contributed by atoms with Gasteiger partial charge >= 0.3 is 0 Å². The van der Waals surface area contributed by atoms with E-state index in [1.807, 2.05) is 6.33 Å². The molecule has 0 saturated carbocycles. The van der Waals surface area contributed by atoms with Crippen molar-refractivity contribution in [2.24, 2.45) is 0 Å². The average Bonchev–Trinajstić information content (AvgIpc) is 2.91. The molecule has 21 heavy (non-hydrogen) atoms. The van der Waals surface area contributed by atoms with E-state index < -0.39 is 0 Å². The summed E-state index contributed by atoms with van der Waals surface area (Å²) in [5, 5.41) is 8.58. The van der Waals surface area contributed by atoms with Gasteiger partial charge in [0.1, 0.15) is 6.33 Å². The number of hydrogen-bond donors (Lipinski definition) is 0. The first-order valence-electron chi connectivity index (χ1n) is 7.70. The summed E-state index contributed by atoms with van der Waals surface area (Å²) in [6, 6.07) is 8.79. The molecule has 108 valence electrons. The van der Waals surface area contributed by atoms with Crippen molar-refractivity contribution < 1.29 is 0 Å². The van der Waals surface area contributed by atoms with Crippen LogP contribution in [-0.2, 0) is 13.0 Å². The van der Waals surface area contributed by atoms with Crippen LogP contribution in [0.2, 0.25) is 0 Å². The second-order valence-electron chi connectivity index (χ2n) is 6.04. The van der Waals surface area contributed by atoms with Crippen molar-refractivity contribution >= 4 is 5.57 Å². The summed E-state index contributed by atoms with van der Waals surface area (Å²) in [5.74, 6) is 1.06. The Labute approximate surface area is 125 Å². The van der Waals surface area contributed by atoms with Crippen LogP contribution in [0.5, 0.6) is 0 Å². The molecule has 3 heterocycles. The number of hydrogen-bond acceptors (Lipinski definition) is 3. The van der Waals surface area contributed by atoms with E-state index in [1.54, 1.807) is 0 Å². The minimum atomic E-state index is 0.968. The highest BCUT2D eigenvalue weighted by Gasteiger charge is 2.24. The Morgan fingerprint density at radius 3 is 2.67 bits per heavy atom. The van der Waals surface area contributed by atoms with Gasteiger partial charge in [0.25, 0.3) is 0 Å². The highest BCUT2D eigenvalue weighted by atomic mass is 15.3. The first kappa shape index (κ1) is 12.8. The second-order valence-corrected chi connectivity index (χ2v) is 6.04. The fourth-order valence-electron chi connectivity index (χ4n) is 3.44. The molecular weight excluding hydrogens is 260 g/mol. The maximum atomic E-state index is 4.43. The van der Waals surface area contributed by atoms with E-state index in [0.29, 0.717) is 0 Å². The molecule has 4 heteroatoms. The highest BCUT2D eigenvalue weighted by Crippen LogP contribution is 2.34. The maximum absolute atomic E-state index is 4.43. The van der Waals surface area contributed by atoms with Crippen LogP contribution in [0.25, 0.3) is 5.57 Å². The molecule has 0 bridgehead atoms. The Morgan fingerprint density at radius 1 is 1.00 bits per heavy atom. The molecule has 1 saturated heterocycles. The van der Waals surface area contributed by atoms with Gasteiger partial charge in [-0.15, -0.1) is 10.2 Å². The third-order valence-corrected chi connectivity index (χ3v) is 4.69. The molecule has 4 nitrogen and oxygen atoms in total. The molecule has 2 aliphatic heterocycles. The van der Waals surface area contributed by atoms with Gasteiger partial charge in [-0.3, -0.25) is 0 Å². The number of fused-ring (bicyclic) bond motifs is 2. The van der Waals surface area contributed by atoms with Crippen molar-refractivity contribution in [3.63, 3.8) is 0 Å². The standard InChI is InChI=1S/C17H20N4/c1-20-9-6-14(7-10-20)16-15-5-3-2-4-13(15)8-11-21-12-18-19-17(16)21/h2-5,12H,6-11H2,1H3. The van der Waals surface area contributed by atoms with Crippen molar-refractivity contribution in [1.29, 1.82) is 0 Å². The third-order valence-electron chi connectivity index (χ3n) is 4.69. The van der Waals surface area contributed by atoms with Crippen LogP contribution in [0.4, 0.5) is 0 Å². The lowest BCUT2D eigenvalue weighted by molar-refractivity contribution is 0.313. The van der Waals surface area contributed by atoms with E-state index >= 15 is 0 Å². The molecule has 0 unspecified atom stereocenters. The van der Waals surface area contributed by atoms with Crippen LogP contribution in [0, 0.1) is 0 Å². The third kappa shape index (κ3) is 2.20. The van der Waals surface area contributed by atoms with E-state index in [9.17, 15) is 0 Å². The molecule has 2 aromatic rings. The Morgan fingerprint density at radius 2 is 1.81 bits per heavy atom. The minimum Gasteiger partial charge on any atom is -0.313 e. The first-order chi connectivity index (χ1) is 10.3. The summed E-state index contributed by atoms with van der Waals surface area (Å²) in [4.78, 5) is 2.40.